The van der Waals surface area contributed by atoms with Crippen molar-refractivity contribution in [2.45, 2.75) is 46.1 Å². The van der Waals surface area contributed by atoms with Crippen LogP contribution in [0.4, 0.5) is 0 Å². The third-order valence-electron chi connectivity index (χ3n) is 3.56. The maximum atomic E-state index is 5.45. The molecule has 5 heteroatoms. The third-order valence-corrected chi connectivity index (χ3v) is 3.56. The summed E-state index contributed by atoms with van der Waals surface area (Å²) >= 11 is 0. The van der Waals surface area contributed by atoms with Crippen LogP contribution in [0.15, 0.2) is 23.2 Å². The highest BCUT2D eigenvalue weighted by Crippen LogP contribution is 2.30. The van der Waals surface area contributed by atoms with Crippen LogP contribution in [-0.2, 0) is 6.54 Å². The summed E-state index contributed by atoms with van der Waals surface area (Å²) in [6, 6.07) is 5.86. The SMILES string of the molecule is CCCCCCNC(=NCc1cccc(OC)c1OC)NCC. The lowest BCUT2D eigenvalue weighted by atomic mass is 10.2. The lowest BCUT2D eigenvalue weighted by Gasteiger charge is -2.13. The fourth-order valence-corrected chi connectivity index (χ4v) is 2.34. The van der Waals surface area contributed by atoms with Crippen molar-refractivity contribution in [2.24, 2.45) is 4.99 Å². The normalized spacial score (nSPS) is 11.2. The molecule has 0 bridgehead atoms. The van der Waals surface area contributed by atoms with Crippen LogP contribution < -0.4 is 20.1 Å². The number of hydrogen-bond donors (Lipinski definition) is 2. The van der Waals surface area contributed by atoms with Gasteiger partial charge in [-0.15, -0.1) is 0 Å². The van der Waals surface area contributed by atoms with Crippen LogP contribution in [0.3, 0.4) is 0 Å². The zero-order chi connectivity index (χ0) is 16.9. The van der Waals surface area contributed by atoms with Crippen molar-refractivity contribution in [3.63, 3.8) is 0 Å². The summed E-state index contributed by atoms with van der Waals surface area (Å²) in [6.45, 7) is 6.63. The van der Waals surface area contributed by atoms with Gasteiger partial charge in [0.05, 0.1) is 20.8 Å². The molecule has 1 rings (SSSR count). The Bertz CT molecular complexity index is 475. The Morgan fingerprint density at radius 2 is 1.87 bits per heavy atom. The molecule has 2 N–H and O–H groups in total. The van der Waals surface area contributed by atoms with Gasteiger partial charge >= 0.3 is 0 Å². The second-order valence-corrected chi connectivity index (χ2v) is 5.34. The number of ether oxygens (including phenoxy) is 2. The summed E-state index contributed by atoms with van der Waals surface area (Å²) in [7, 11) is 3.30. The number of methoxy groups -OCH3 is 2. The average Bonchev–Trinajstić information content (AvgIpc) is 2.58. The summed E-state index contributed by atoms with van der Waals surface area (Å²) in [4.78, 5) is 4.64. The molecule has 0 aliphatic carbocycles. The number of rotatable bonds is 10. The smallest absolute Gasteiger partial charge is 0.191 e. The van der Waals surface area contributed by atoms with Gasteiger partial charge in [0.15, 0.2) is 17.5 Å². The van der Waals surface area contributed by atoms with Gasteiger partial charge in [0.2, 0.25) is 0 Å². The maximum absolute atomic E-state index is 5.45. The quantitative estimate of drug-likeness (QED) is 0.394. The van der Waals surface area contributed by atoms with E-state index >= 15 is 0 Å². The largest absolute Gasteiger partial charge is 0.493 e. The molecule has 5 nitrogen and oxygen atoms in total. The number of nitrogens with zero attached hydrogens (tertiary/aromatic N) is 1. The molecule has 1 aromatic carbocycles. The molecule has 0 spiro atoms. The Morgan fingerprint density at radius 3 is 2.52 bits per heavy atom. The second kappa shape index (κ2) is 11.6. The first kappa shape index (κ1) is 19.1. The summed E-state index contributed by atoms with van der Waals surface area (Å²) in [5.74, 6) is 2.32. The number of guanidine groups is 1. The summed E-state index contributed by atoms with van der Waals surface area (Å²) in [5.41, 5.74) is 1.01. The first-order chi connectivity index (χ1) is 11.3. The number of nitrogens with one attached hydrogen (secondary N) is 2. The molecule has 23 heavy (non-hydrogen) atoms. The van der Waals surface area contributed by atoms with E-state index < -0.39 is 0 Å². The molecule has 0 unspecified atom stereocenters. The van der Waals surface area contributed by atoms with Crippen LogP contribution >= 0.6 is 0 Å². The molecular weight excluding hydrogens is 290 g/mol. The summed E-state index contributed by atoms with van der Waals surface area (Å²) in [6.07, 6.45) is 4.97. The number of aliphatic imine (C=N–C) groups is 1. The number of benzene rings is 1. The minimum Gasteiger partial charge on any atom is -0.493 e. The molecule has 0 radical (unpaired) electrons. The van der Waals surface area contributed by atoms with Crippen LogP contribution in [0.5, 0.6) is 11.5 Å². The van der Waals surface area contributed by atoms with E-state index in [0.717, 1.165) is 36.1 Å². The van der Waals surface area contributed by atoms with Crippen molar-refractivity contribution in [3.8, 4) is 11.5 Å². The van der Waals surface area contributed by atoms with Gasteiger partial charge in [-0.2, -0.15) is 0 Å². The average molecular weight is 321 g/mol. The zero-order valence-electron chi connectivity index (χ0n) is 14.9. The van der Waals surface area contributed by atoms with Gasteiger partial charge in [-0.05, 0) is 19.4 Å². The van der Waals surface area contributed by atoms with Crippen molar-refractivity contribution in [2.75, 3.05) is 27.3 Å². The van der Waals surface area contributed by atoms with Gasteiger partial charge in [0, 0.05) is 18.7 Å². The molecule has 0 atom stereocenters. The topological polar surface area (TPSA) is 54.9 Å². The van der Waals surface area contributed by atoms with Crippen molar-refractivity contribution in [1.29, 1.82) is 0 Å². The lowest BCUT2D eigenvalue weighted by Crippen LogP contribution is -2.37. The predicted octanol–water partition coefficient (Wildman–Crippen LogP) is 3.34. The molecule has 0 saturated carbocycles. The highest BCUT2D eigenvalue weighted by molar-refractivity contribution is 5.79. The fraction of sp³-hybridized carbons (Fsp3) is 0.611. The highest BCUT2D eigenvalue weighted by atomic mass is 16.5. The minimum absolute atomic E-state index is 0.546. The van der Waals surface area contributed by atoms with Gasteiger partial charge in [-0.25, -0.2) is 4.99 Å². The molecule has 0 aliphatic heterocycles. The number of hydrogen-bond acceptors (Lipinski definition) is 3. The molecule has 0 fully saturated rings. The van der Waals surface area contributed by atoms with Crippen LogP contribution in [0.2, 0.25) is 0 Å². The zero-order valence-corrected chi connectivity index (χ0v) is 14.9. The van der Waals surface area contributed by atoms with Crippen molar-refractivity contribution in [1.82, 2.24) is 10.6 Å². The van der Waals surface area contributed by atoms with E-state index in [1.165, 1.54) is 25.7 Å². The standard InChI is InChI=1S/C18H31N3O2/c1-5-7-8-9-13-20-18(19-6-2)21-14-15-11-10-12-16(22-3)17(15)23-4/h10-12H,5-9,13-14H2,1-4H3,(H2,19,20,21). The predicted molar refractivity (Wildman–Crippen MR) is 96.5 cm³/mol. The Hall–Kier alpha value is -1.91. The van der Waals surface area contributed by atoms with Crippen LogP contribution in [0.25, 0.3) is 0 Å². The highest BCUT2D eigenvalue weighted by Gasteiger charge is 2.09. The van der Waals surface area contributed by atoms with E-state index in [-0.39, 0.29) is 0 Å². The van der Waals surface area contributed by atoms with Crippen molar-refractivity contribution in [3.05, 3.63) is 23.8 Å². The van der Waals surface area contributed by atoms with E-state index in [1.807, 2.05) is 18.2 Å². The van der Waals surface area contributed by atoms with Gasteiger partial charge in [0.1, 0.15) is 0 Å². The molecule has 1 aromatic rings. The second-order valence-electron chi connectivity index (χ2n) is 5.34. The number of unbranched alkanes of at least 4 members (excludes halogenated alkanes) is 3. The van der Waals surface area contributed by atoms with E-state index in [9.17, 15) is 0 Å². The third kappa shape index (κ3) is 6.80. The Balaban J connectivity index is 2.66. The minimum atomic E-state index is 0.546. The fourth-order valence-electron chi connectivity index (χ4n) is 2.34. The van der Waals surface area contributed by atoms with E-state index in [0.29, 0.717) is 6.54 Å². The van der Waals surface area contributed by atoms with Crippen LogP contribution in [0.1, 0.15) is 45.1 Å². The Kier molecular flexibility index (Phi) is 9.68. The molecule has 0 aromatic heterocycles. The van der Waals surface area contributed by atoms with E-state index in [1.54, 1.807) is 14.2 Å². The number of para-hydroxylation sites is 1. The molecular formula is C18H31N3O2. The van der Waals surface area contributed by atoms with Gasteiger partial charge in [-0.3, -0.25) is 0 Å². The molecule has 0 aliphatic rings. The molecule has 0 amide bonds. The van der Waals surface area contributed by atoms with Gasteiger partial charge in [-0.1, -0.05) is 38.3 Å². The maximum Gasteiger partial charge on any atom is 0.191 e. The van der Waals surface area contributed by atoms with E-state index in [4.69, 9.17) is 9.47 Å². The van der Waals surface area contributed by atoms with E-state index in [2.05, 4.69) is 29.5 Å². The molecule has 0 heterocycles. The monoisotopic (exact) mass is 321 g/mol. The first-order valence-corrected chi connectivity index (χ1v) is 8.48. The lowest BCUT2D eigenvalue weighted by molar-refractivity contribution is 0.352. The van der Waals surface area contributed by atoms with Gasteiger partial charge in [0.25, 0.3) is 0 Å². The van der Waals surface area contributed by atoms with Crippen molar-refractivity contribution >= 4 is 5.96 Å². The van der Waals surface area contributed by atoms with Crippen LogP contribution in [-0.4, -0.2) is 33.3 Å². The first-order valence-electron chi connectivity index (χ1n) is 8.48. The molecule has 130 valence electrons. The van der Waals surface area contributed by atoms with Crippen LogP contribution in [0, 0.1) is 0 Å². The Morgan fingerprint density at radius 1 is 1.04 bits per heavy atom. The Labute approximate surface area is 140 Å². The van der Waals surface area contributed by atoms with Gasteiger partial charge < -0.3 is 20.1 Å². The van der Waals surface area contributed by atoms with Crippen molar-refractivity contribution < 1.29 is 9.47 Å². The summed E-state index contributed by atoms with van der Waals surface area (Å²) in [5, 5.41) is 6.66. The molecule has 0 saturated heterocycles. The summed E-state index contributed by atoms with van der Waals surface area (Å²) < 4.78 is 10.8.